The Bertz CT molecular complexity index is 747. The van der Waals surface area contributed by atoms with Crippen LogP contribution in [0, 0.1) is 5.82 Å². The molecule has 2 rings (SSSR count). The van der Waals surface area contributed by atoms with E-state index in [1.165, 1.54) is 23.5 Å². The Morgan fingerprint density at radius 2 is 2.00 bits per heavy atom. The average molecular weight is 349 g/mol. The Balaban J connectivity index is 2.00. The second kappa shape index (κ2) is 8.21. The third-order valence-electron chi connectivity index (χ3n) is 3.07. The molecule has 0 aliphatic heterocycles. The minimum atomic E-state index is -0.636. The summed E-state index contributed by atoms with van der Waals surface area (Å²) in [6.45, 7) is 0.0889. The molecule has 1 aromatic carbocycles. The third-order valence-corrected chi connectivity index (χ3v) is 3.95. The number of hydrogen-bond acceptors (Lipinski definition) is 4. The van der Waals surface area contributed by atoms with Gasteiger partial charge in [0.2, 0.25) is 11.8 Å². The van der Waals surface area contributed by atoms with Crippen molar-refractivity contribution in [3.63, 3.8) is 0 Å². The Labute approximate surface area is 141 Å². The van der Waals surface area contributed by atoms with Crippen molar-refractivity contribution in [2.45, 2.75) is 12.8 Å². The van der Waals surface area contributed by atoms with Crippen molar-refractivity contribution in [3.05, 3.63) is 52.0 Å². The lowest BCUT2D eigenvalue weighted by Gasteiger charge is -2.09. The van der Waals surface area contributed by atoms with E-state index in [9.17, 15) is 18.8 Å². The molecule has 0 saturated carbocycles. The summed E-state index contributed by atoms with van der Waals surface area (Å²) in [5.41, 5.74) is 5.09. The van der Waals surface area contributed by atoms with E-state index in [1.54, 1.807) is 0 Å². The molecule has 0 bridgehead atoms. The zero-order valence-electron chi connectivity index (χ0n) is 12.7. The first-order chi connectivity index (χ1) is 11.5. The van der Waals surface area contributed by atoms with E-state index in [1.807, 2.05) is 17.5 Å². The van der Waals surface area contributed by atoms with Crippen LogP contribution in [0.5, 0.6) is 0 Å². The summed E-state index contributed by atoms with van der Waals surface area (Å²) in [7, 11) is 0. The maximum Gasteiger partial charge on any atom is 0.251 e. The van der Waals surface area contributed by atoms with Crippen LogP contribution in [0.4, 0.5) is 10.1 Å². The molecule has 0 unspecified atom stereocenters. The Hall–Kier alpha value is -2.74. The topological polar surface area (TPSA) is 101 Å². The minimum Gasteiger partial charge on any atom is -0.370 e. The predicted molar refractivity (Wildman–Crippen MR) is 89.2 cm³/mol. The number of benzene rings is 1. The molecule has 3 amide bonds. The zero-order chi connectivity index (χ0) is 17.5. The van der Waals surface area contributed by atoms with Crippen molar-refractivity contribution in [2.24, 2.45) is 5.73 Å². The molecule has 8 heteroatoms. The van der Waals surface area contributed by atoms with Gasteiger partial charge in [0, 0.05) is 23.4 Å². The Morgan fingerprint density at radius 3 is 2.67 bits per heavy atom. The summed E-state index contributed by atoms with van der Waals surface area (Å²) < 4.78 is 13.8. The first-order valence-corrected chi connectivity index (χ1v) is 8.02. The second-order valence-corrected chi connectivity index (χ2v) is 6.00. The maximum atomic E-state index is 13.8. The standard InChI is InChI=1S/C16H16FN3O3S/c17-12-4-3-10(16(23)19-6-5-14(18)21)8-13(12)20-15(22)9-11-2-1-7-24-11/h1-4,7-8H,5-6,9H2,(H2,18,21)(H,19,23)(H,20,22). The van der Waals surface area contributed by atoms with Crippen molar-refractivity contribution >= 4 is 34.7 Å². The number of nitrogens with one attached hydrogen (secondary N) is 2. The van der Waals surface area contributed by atoms with Crippen molar-refractivity contribution in [2.75, 3.05) is 11.9 Å². The fourth-order valence-corrected chi connectivity index (χ4v) is 2.63. The highest BCUT2D eigenvalue weighted by atomic mass is 32.1. The lowest BCUT2D eigenvalue weighted by Crippen LogP contribution is -2.28. The number of hydrogen-bond donors (Lipinski definition) is 3. The van der Waals surface area contributed by atoms with Gasteiger partial charge in [0.25, 0.3) is 5.91 Å². The maximum absolute atomic E-state index is 13.8. The highest BCUT2D eigenvalue weighted by molar-refractivity contribution is 7.10. The molecule has 2 aromatic rings. The number of rotatable bonds is 7. The molecule has 126 valence electrons. The summed E-state index contributed by atoms with van der Waals surface area (Å²) in [6, 6.07) is 7.28. The SMILES string of the molecule is NC(=O)CCNC(=O)c1ccc(F)c(NC(=O)Cc2cccs2)c1. The molecule has 0 aliphatic rings. The molecule has 1 aromatic heterocycles. The number of carbonyl (C=O) groups excluding carboxylic acids is 3. The van der Waals surface area contributed by atoms with Crippen LogP contribution in [-0.2, 0) is 16.0 Å². The summed E-state index contributed by atoms with van der Waals surface area (Å²) in [5.74, 6) is -2.02. The molecular formula is C16H16FN3O3S. The first-order valence-electron chi connectivity index (χ1n) is 7.14. The number of amides is 3. The molecule has 0 saturated heterocycles. The van der Waals surface area contributed by atoms with Gasteiger partial charge in [-0.3, -0.25) is 14.4 Å². The zero-order valence-corrected chi connectivity index (χ0v) is 13.5. The summed E-state index contributed by atoms with van der Waals surface area (Å²) in [5, 5.41) is 6.80. The van der Waals surface area contributed by atoms with Gasteiger partial charge in [-0.1, -0.05) is 6.07 Å². The van der Waals surface area contributed by atoms with Gasteiger partial charge in [-0.05, 0) is 29.6 Å². The van der Waals surface area contributed by atoms with Gasteiger partial charge in [0.05, 0.1) is 12.1 Å². The van der Waals surface area contributed by atoms with E-state index in [4.69, 9.17) is 5.73 Å². The van der Waals surface area contributed by atoms with E-state index in [0.29, 0.717) is 0 Å². The van der Waals surface area contributed by atoms with E-state index in [2.05, 4.69) is 10.6 Å². The van der Waals surface area contributed by atoms with E-state index < -0.39 is 17.6 Å². The van der Waals surface area contributed by atoms with Gasteiger partial charge in [-0.25, -0.2) is 4.39 Å². The fourth-order valence-electron chi connectivity index (χ4n) is 1.93. The van der Waals surface area contributed by atoms with E-state index in [0.717, 1.165) is 10.9 Å². The minimum absolute atomic E-state index is 0.0113. The molecule has 0 aliphatic carbocycles. The lowest BCUT2D eigenvalue weighted by atomic mass is 10.1. The van der Waals surface area contributed by atoms with Crippen molar-refractivity contribution in [1.82, 2.24) is 5.32 Å². The monoisotopic (exact) mass is 349 g/mol. The van der Waals surface area contributed by atoms with Crippen LogP contribution in [0.15, 0.2) is 35.7 Å². The molecule has 1 heterocycles. The molecule has 4 N–H and O–H groups in total. The summed E-state index contributed by atoms with van der Waals surface area (Å²) in [6.07, 6.45) is 0.142. The van der Waals surface area contributed by atoms with Gasteiger partial charge in [-0.2, -0.15) is 0 Å². The fraction of sp³-hybridized carbons (Fsp3) is 0.188. The van der Waals surface area contributed by atoms with Crippen LogP contribution in [0.3, 0.4) is 0 Å². The van der Waals surface area contributed by atoms with Crippen molar-refractivity contribution in [3.8, 4) is 0 Å². The molecule has 0 atom stereocenters. The summed E-state index contributed by atoms with van der Waals surface area (Å²) in [4.78, 5) is 35.4. The Morgan fingerprint density at radius 1 is 1.21 bits per heavy atom. The van der Waals surface area contributed by atoms with E-state index >= 15 is 0 Å². The number of carbonyl (C=O) groups is 3. The summed E-state index contributed by atoms with van der Waals surface area (Å²) >= 11 is 1.43. The Kier molecular flexibility index (Phi) is 6.02. The highest BCUT2D eigenvalue weighted by Crippen LogP contribution is 2.17. The lowest BCUT2D eigenvalue weighted by molar-refractivity contribution is -0.118. The van der Waals surface area contributed by atoms with Crippen LogP contribution in [0.2, 0.25) is 0 Å². The number of halogens is 1. The van der Waals surface area contributed by atoms with Crippen LogP contribution in [0.1, 0.15) is 21.7 Å². The predicted octanol–water partition coefficient (Wildman–Crippen LogP) is 1.67. The van der Waals surface area contributed by atoms with E-state index in [-0.39, 0.29) is 36.5 Å². The quantitative estimate of drug-likeness (QED) is 0.709. The molecule has 0 radical (unpaired) electrons. The van der Waals surface area contributed by atoms with Gasteiger partial charge in [0.1, 0.15) is 5.82 Å². The molecule has 6 nitrogen and oxygen atoms in total. The largest absolute Gasteiger partial charge is 0.370 e. The normalized spacial score (nSPS) is 10.2. The number of thiophene rings is 1. The average Bonchev–Trinajstić information content (AvgIpc) is 3.01. The third kappa shape index (κ3) is 5.17. The number of anilines is 1. The van der Waals surface area contributed by atoms with Crippen molar-refractivity contribution < 1.29 is 18.8 Å². The number of nitrogens with two attached hydrogens (primary N) is 1. The van der Waals surface area contributed by atoms with Crippen LogP contribution in [0.25, 0.3) is 0 Å². The van der Waals surface area contributed by atoms with Gasteiger partial charge in [0.15, 0.2) is 0 Å². The molecular weight excluding hydrogens is 333 g/mol. The molecule has 0 fully saturated rings. The molecule has 24 heavy (non-hydrogen) atoms. The van der Waals surface area contributed by atoms with Gasteiger partial charge < -0.3 is 16.4 Å². The van der Waals surface area contributed by atoms with Gasteiger partial charge >= 0.3 is 0 Å². The van der Waals surface area contributed by atoms with Crippen LogP contribution < -0.4 is 16.4 Å². The first kappa shape index (κ1) is 17.6. The van der Waals surface area contributed by atoms with Crippen molar-refractivity contribution in [1.29, 1.82) is 0 Å². The molecule has 0 spiro atoms. The number of primary amides is 1. The van der Waals surface area contributed by atoms with Crippen LogP contribution in [-0.4, -0.2) is 24.3 Å². The second-order valence-electron chi connectivity index (χ2n) is 4.97. The smallest absolute Gasteiger partial charge is 0.251 e. The highest BCUT2D eigenvalue weighted by Gasteiger charge is 2.12. The van der Waals surface area contributed by atoms with Crippen LogP contribution >= 0.6 is 11.3 Å². The van der Waals surface area contributed by atoms with Gasteiger partial charge in [-0.15, -0.1) is 11.3 Å².